The Balaban J connectivity index is 0.000000210. The van der Waals surface area contributed by atoms with Gasteiger partial charge in [0.1, 0.15) is 0 Å². The van der Waals surface area contributed by atoms with Crippen LogP contribution < -0.4 is 0 Å². The van der Waals surface area contributed by atoms with Gasteiger partial charge in [0.2, 0.25) is 0 Å². The summed E-state index contributed by atoms with van der Waals surface area (Å²) in [5, 5.41) is 4.50. The van der Waals surface area contributed by atoms with E-state index in [1.54, 1.807) is 0 Å². The zero-order chi connectivity index (χ0) is 11.5. The van der Waals surface area contributed by atoms with Gasteiger partial charge in [-0.2, -0.15) is 0 Å². The molecule has 0 saturated heterocycles. The van der Waals surface area contributed by atoms with Gasteiger partial charge < -0.3 is 0 Å². The molecule has 0 aromatic heterocycles. The molecule has 0 fully saturated rings. The van der Waals surface area contributed by atoms with Crippen molar-refractivity contribution in [1.82, 2.24) is 0 Å². The summed E-state index contributed by atoms with van der Waals surface area (Å²) >= 11 is 0.500. The zero-order valence-corrected chi connectivity index (χ0v) is 11.9. The van der Waals surface area contributed by atoms with Crippen molar-refractivity contribution in [3.63, 3.8) is 0 Å². The molecule has 0 bridgehead atoms. The van der Waals surface area contributed by atoms with Crippen LogP contribution in [0, 0.1) is 0 Å². The predicted molar refractivity (Wildman–Crippen MR) is 66.8 cm³/mol. The molecule has 0 nitrogen and oxygen atoms in total. The molecular weight excluding hydrogens is 216 g/mol. The maximum absolute atomic E-state index is 2.25. The van der Waals surface area contributed by atoms with Crippen molar-refractivity contribution in [2.75, 3.05) is 0 Å². The Morgan fingerprint density at radius 2 is 1.20 bits per heavy atom. The van der Waals surface area contributed by atoms with Crippen LogP contribution in [0.5, 0.6) is 0 Å². The second-order valence-corrected chi connectivity index (χ2v) is 5.35. The zero-order valence-electron chi connectivity index (χ0n) is 10.4. The summed E-state index contributed by atoms with van der Waals surface area (Å²) in [6.07, 6.45) is 15.1. The van der Waals surface area contributed by atoms with Gasteiger partial charge in [-0.15, -0.1) is 0 Å². The first kappa shape index (κ1) is 14.7. The van der Waals surface area contributed by atoms with Gasteiger partial charge in [0.15, 0.2) is 0 Å². The summed E-state index contributed by atoms with van der Waals surface area (Å²) < 4.78 is 0. The van der Waals surface area contributed by atoms with E-state index in [1.807, 2.05) is 0 Å². The van der Waals surface area contributed by atoms with Gasteiger partial charge >= 0.3 is 29.6 Å². The quantitative estimate of drug-likeness (QED) is 0.524. The van der Waals surface area contributed by atoms with Gasteiger partial charge in [0.05, 0.1) is 0 Å². The Labute approximate surface area is 104 Å². The molecule has 15 heavy (non-hydrogen) atoms. The fourth-order valence-electron chi connectivity index (χ4n) is 1.11. The summed E-state index contributed by atoms with van der Waals surface area (Å²) in [7, 11) is 0. The van der Waals surface area contributed by atoms with Crippen LogP contribution in [0.3, 0.4) is 0 Å². The van der Waals surface area contributed by atoms with E-state index in [-0.39, 0.29) is 0 Å². The number of allylic oxidation sites excluding steroid dienone is 8. The number of hydrogen-bond donors (Lipinski definition) is 0. The molecule has 82 valence electrons. The fraction of sp³-hybridized carbons (Fsp3) is 0.429. The molecule has 0 spiro atoms. The summed E-state index contributed by atoms with van der Waals surface area (Å²) in [5.41, 5.74) is 2.94. The predicted octanol–water partition coefficient (Wildman–Crippen LogP) is 4.95. The third-order valence-electron chi connectivity index (χ3n) is 1.91. The maximum atomic E-state index is 2.25. The molecule has 2 aliphatic carbocycles. The summed E-state index contributed by atoms with van der Waals surface area (Å²) in [6.45, 7) is 4.28. The van der Waals surface area contributed by atoms with E-state index in [9.17, 15) is 0 Å². The standard InChI is InChI=1S/2C6H8.2CH3.Ti/c2*1-6-4-2-3-5-6;;;/h2*2-4H,5H2,1H3;2*1H3;. The fourth-order valence-corrected chi connectivity index (χ4v) is 1.11. The summed E-state index contributed by atoms with van der Waals surface area (Å²) in [4.78, 5) is 0. The second kappa shape index (κ2) is 10.2. The molecule has 0 aromatic carbocycles. The van der Waals surface area contributed by atoms with E-state index in [0.717, 1.165) is 0 Å². The molecule has 0 N–H and O–H groups in total. The molecule has 0 amide bonds. The average Bonchev–Trinajstić information content (AvgIpc) is 2.81. The Morgan fingerprint density at radius 3 is 1.27 bits per heavy atom. The topological polar surface area (TPSA) is 0 Å². The van der Waals surface area contributed by atoms with Crippen LogP contribution in [-0.2, 0) is 19.2 Å². The van der Waals surface area contributed by atoms with Crippen molar-refractivity contribution < 1.29 is 19.2 Å². The van der Waals surface area contributed by atoms with Crippen molar-refractivity contribution in [3.05, 3.63) is 47.6 Å². The van der Waals surface area contributed by atoms with E-state index >= 15 is 0 Å². The summed E-state index contributed by atoms with van der Waals surface area (Å²) in [5.74, 6) is 0. The van der Waals surface area contributed by atoms with Gasteiger partial charge in [-0.1, -0.05) is 47.6 Å². The van der Waals surface area contributed by atoms with Crippen LogP contribution in [0.25, 0.3) is 0 Å². The Bertz CT molecular complexity index is 239. The molecule has 0 atom stereocenters. The van der Waals surface area contributed by atoms with Crippen molar-refractivity contribution >= 4 is 0 Å². The third-order valence-corrected chi connectivity index (χ3v) is 1.91. The van der Waals surface area contributed by atoms with Crippen LogP contribution in [0.15, 0.2) is 47.6 Å². The van der Waals surface area contributed by atoms with Crippen molar-refractivity contribution in [2.24, 2.45) is 0 Å². The second-order valence-electron chi connectivity index (χ2n) is 3.79. The minimum atomic E-state index is 0.500. The Morgan fingerprint density at radius 1 is 0.867 bits per heavy atom. The van der Waals surface area contributed by atoms with Crippen LogP contribution in [0.2, 0.25) is 10.5 Å². The molecule has 0 unspecified atom stereocenters. The first-order chi connectivity index (χ1) is 7.20. The van der Waals surface area contributed by atoms with Gasteiger partial charge in [-0.05, 0) is 26.7 Å². The monoisotopic (exact) mass is 238 g/mol. The van der Waals surface area contributed by atoms with Gasteiger partial charge in [-0.3, -0.25) is 0 Å². The van der Waals surface area contributed by atoms with Crippen molar-refractivity contribution in [1.29, 1.82) is 0 Å². The molecule has 0 aliphatic heterocycles. The van der Waals surface area contributed by atoms with Gasteiger partial charge in [-0.25, -0.2) is 0 Å². The van der Waals surface area contributed by atoms with E-state index in [0.29, 0.717) is 19.2 Å². The van der Waals surface area contributed by atoms with Gasteiger partial charge in [0, 0.05) is 0 Å². The SMILES string of the molecule is CC1=CC=CC1.CC1=CC=CC1.[CH3][Ti][CH3]. The molecule has 1 heteroatoms. The molecule has 0 saturated carbocycles. The van der Waals surface area contributed by atoms with E-state index in [1.165, 1.54) is 24.0 Å². The summed E-state index contributed by atoms with van der Waals surface area (Å²) in [6, 6.07) is 0. The molecular formula is C14H22Ti. The minimum absolute atomic E-state index is 0.500. The molecule has 0 aromatic rings. The van der Waals surface area contributed by atoms with Crippen LogP contribution in [0.4, 0.5) is 0 Å². The molecule has 2 rings (SSSR count). The van der Waals surface area contributed by atoms with Crippen LogP contribution in [-0.4, -0.2) is 0 Å². The average molecular weight is 238 g/mol. The van der Waals surface area contributed by atoms with E-state index in [2.05, 4.69) is 60.8 Å². The van der Waals surface area contributed by atoms with Gasteiger partial charge in [0.25, 0.3) is 0 Å². The molecule has 0 heterocycles. The normalized spacial score (nSPS) is 15.7. The van der Waals surface area contributed by atoms with Crippen LogP contribution >= 0.6 is 0 Å². The molecule has 2 aliphatic rings. The van der Waals surface area contributed by atoms with Crippen molar-refractivity contribution in [2.45, 2.75) is 37.1 Å². The van der Waals surface area contributed by atoms with Crippen LogP contribution in [0.1, 0.15) is 26.7 Å². The van der Waals surface area contributed by atoms with Crippen molar-refractivity contribution in [3.8, 4) is 0 Å². The third kappa shape index (κ3) is 9.97. The first-order valence-electron chi connectivity index (χ1n) is 5.43. The first-order valence-corrected chi connectivity index (χ1v) is 8.56. The molecule has 0 radical (unpaired) electrons. The Hall–Kier alpha value is -0.326. The number of hydrogen-bond acceptors (Lipinski definition) is 0. The Kier molecular flexibility index (Phi) is 9.98. The number of rotatable bonds is 0. The van der Waals surface area contributed by atoms with E-state index in [4.69, 9.17) is 0 Å². The van der Waals surface area contributed by atoms with E-state index < -0.39 is 0 Å².